The molecule has 1 saturated heterocycles. The van der Waals surface area contributed by atoms with Crippen molar-refractivity contribution in [1.29, 1.82) is 0 Å². The third-order valence-electron chi connectivity index (χ3n) is 6.15. The molecule has 196 valence electrons. The molecule has 2 N–H and O–H groups in total. The van der Waals surface area contributed by atoms with Gasteiger partial charge < -0.3 is 15.1 Å². The number of benzene rings is 1. The third kappa shape index (κ3) is 8.85. The van der Waals surface area contributed by atoms with Crippen LogP contribution < -0.4 is 0 Å². The number of nitrogens with zero attached hydrogens (tertiary/aromatic N) is 1. The number of alkyl halides is 3. The maximum Gasteiger partial charge on any atom is 0.490 e. The molecule has 6 nitrogen and oxygen atoms in total. The fourth-order valence-electron chi connectivity index (χ4n) is 4.04. The number of likely N-dealkylation sites (tertiary alicyclic amines) is 1. The van der Waals surface area contributed by atoms with Gasteiger partial charge in [0, 0.05) is 6.54 Å². The van der Waals surface area contributed by atoms with Gasteiger partial charge in [-0.25, -0.2) is 13.2 Å². The Balaban J connectivity index is 0.000000718. The minimum atomic E-state index is -5.08. The molecule has 2 atom stereocenters. The second kappa shape index (κ2) is 11.9. The van der Waals surface area contributed by atoms with Gasteiger partial charge in [-0.05, 0) is 76.1 Å². The Hall–Kier alpha value is -1.65. The summed E-state index contributed by atoms with van der Waals surface area (Å²) >= 11 is 0. The van der Waals surface area contributed by atoms with Crippen molar-refractivity contribution in [3.05, 3.63) is 30.3 Å². The molecule has 0 bridgehead atoms. The van der Waals surface area contributed by atoms with Gasteiger partial charge >= 0.3 is 12.1 Å². The quantitative estimate of drug-likeness (QED) is 0.550. The largest absolute Gasteiger partial charge is 0.490 e. The number of hydrogen-bond acceptors (Lipinski definition) is 5. The zero-order chi connectivity index (χ0) is 26.4. The first kappa shape index (κ1) is 30.4. The second-order valence-electron chi connectivity index (χ2n) is 10.5. The Morgan fingerprint density at radius 1 is 1.12 bits per heavy atom. The van der Waals surface area contributed by atoms with Gasteiger partial charge in [0.25, 0.3) is 0 Å². The van der Waals surface area contributed by atoms with Crippen molar-refractivity contribution < 1.29 is 36.6 Å². The lowest BCUT2D eigenvalue weighted by Gasteiger charge is -2.40. The molecule has 0 amide bonds. The summed E-state index contributed by atoms with van der Waals surface area (Å²) in [6.07, 6.45) is -1.73. The summed E-state index contributed by atoms with van der Waals surface area (Å²) < 4.78 is 56.8. The number of aliphatic hydroxyl groups is 1. The van der Waals surface area contributed by atoms with Crippen LogP contribution in [0.25, 0.3) is 0 Å². The van der Waals surface area contributed by atoms with E-state index in [0.717, 1.165) is 38.9 Å². The molecule has 0 spiro atoms. The van der Waals surface area contributed by atoms with E-state index in [9.17, 15) is 26.7 Å². The molecule has 1 fully saturated rings. The van der Waals surface area contributed by atoms with Crippen LogP contribution in [0.5, 0.6) is 0 Å². The van der Waals surface area contributed by atoms with E-state index >= 15 is 0 Å². The number of carbonyl (C=O) groups is 1. The van der Waals surface area contributed by atoms with E-state index in [1.165, 1.54) is 0 Å². The van der Waals surface area contributed by atoms with E-state index in [1.54, 1.807) is 24.3 Å². The summed E-state index contributed by atoms with van der Waals surface area (Å²) in [6.45, 7) is 12.8. The lowest BCUT2D eigenvalue weighted by molar-refractivity contribution is -0.192. The van der Waals surface area contributed by atoms with Gasteiger partial charge in [-0.2, -0.15) is 13.2 Å². The average Bonchev–Trinajstić information content (AvgIpc) is 2.73. The highest BCUT2D eigenvalue weighted by molar-refractivity contribution is 7.92. The van der Waals surface area contributed by atoms with Crippen molar-refractivity contribution in [2.24, 2.45) is 11.3 Å². The van der Waals surface area contributed by atoms with Crippen LogP contribution in [-0.2, 0) is 14.6 Å². The average molecular weight is 510 g/mol. The van der Waals surface area contributed by atoms with Crippen molar-refractivity contribution in [1.82, 2.24) is 4.90 Å². The van der Waals surface area contributed by atoms with Gasteiger partial charge in [0.1, 0.15) is 0 Å². The number of carboxylic acid groups (broad SMARTS) is 1. The summed E-state index contributed by atoms with van der Waals surface area (Å²) in [7, 11) is -3.34. The molecule has 0 aromatic heterocycles. The fourth-order valence-corrected chi connectivity index (χ4v) is 5.61. The van der Waals surface area contributed by atoms with Crippen LogP contribution in [0.3, 0.4) is 0 Å². The lowest BCUT2D eigenvalue weighted by atomic mass is 9.78. The van der Waals surface area contributed by atoms with Crippen molar-refractivity contribution in [2.45, 2.75) is 82.2 Å². The lowest BCUT2D eigenvalue weighted by Crippen LogP contribution is -2.45. The minimum absolute atomic E-state index is 0.0978. The fraction of sp³-hybridized carbons (Fsp3) is 0.708. The smallest absolute Gasteiger partial charge is 0.475 e. The van der Waals surface area contributed by atoms with Crippen LogP contribution in [0.1, 0.15) is 60.3 Å². The number of piperidine rings is 1. The maximum absolute atomic E-state index is 12.9. The van der Waals surface area contributed by atoms with E-state index in [1.807, 2.05) is 19.9 Å². The Kier molecular flexibility index (Phi) is 10.6. The predicted octanol–water partition coefficient (Wildman–Crippen LogP) is 4.77. The topological polar surface area (TPSA) is 94.9 Å². The van der Waals surface area contributed by atoms with Crippen LogP contribution in [0.4, 0.5) is 13.2 Å². The number of halogens is 3. The van der Waals surface area contributed by atoms with Crippen LogP contribution in [0.2, 0.25) is 0 Å². The Morgan fingerprint density at radius 2 is 1.65 bits per heavy atom. The summed E-state index contributed by atoms with van der Waals surface area (Å²) in [5.74, 6) is -2.45. The molecule has 2 rings (SSSR count). The number of aliphatic hydroxyl groups excluding tert-OH is 1. The molecule has 2 unspecified atom stereocenters. The van der Waals surface area contributed by atoms with E-state index in [4.69, 9.17) is 9.90 Å². The molecule has 1 heterocycles. The number of aliphatic carboxylic acids is 1. The van der Waals surface area contributed by atoms with Crippen molar-refractivity contribution in [3.63, 3.8) is 0 Å². The van der Waals surface area contributed by atoms with Crippen LogP contribution in [0, 0.1) is 11.3 Å². The summed E-state index contributed by atoms with van der Waals surface area (Å²) in [5.41, 5.74) is -0.0978. The first-order chi connectivity index (χ1) is 15.4. The van der Waals surface area contributed by atoms with Gasteiger partial charge in [-0.15, -0.1) is 0 Å². The minimum Gasteiger partial charge on any atom is -0.475 e. The molecule has 0 aliphatic carbocycles. The molecule has 0 saturated carbocycles. The van der Waals surface area contributed by atoms with Crippen molar-refractivity contribution >= 4 is 15.8 Å². The van der Waals surface area contributed by atoms with E-state index in [-0.39, 0.29) is 11.5 Å². The molecule has 1 aromatic carbocycles. The Bertz CT molecular complexity index is 880. The van der Waals surface area contributed by atoms with E-state index in [2.05, 4.69) is 25.7 Å². The van der Waals surface area contributed by atoms with Crippen LogP contribution in [0.15, 0.2) is 35.2 Å². The number of rotatable bonds is 7. The highest BCUT2D eigenvalue weighted by atomic mass is 32.2. The van der Waals surface area contributed by atoms with Crippen LogP contribution in [-0.4, -0.2) is 66.2 Å². The van der Waals surface area contributed by atoms with Gasteiger partial charge in [0.05, 0.1) is 15.7 Å². The highest BCUT2D eigenvalue weighted by Gasteiger charge is 2.38. The molecular formula is C24H38F3NO5S. The standard InChI is InChI=1S/C22H37NO3S.C2HF3O2/c1-21(2,3)20(24)18-11-9-15-23(17-18)16-10-14-22(4,5)27(25,26)19-12-7-6-8-13-19;3-2(4,5)1(6)7/h6-8,12-13,18,20,24H,9-11,14-17H2,1-5H3;(H,6,7). The van der Waals surface area contributed by atoms with E-state index < -0.39 is 26.7 Å². The summed E-state index contributed by atoms with van der Waals surface area (Å²) in [4.78, 5) is 11.7. The molecule has 1 aliphatic rings. The first-order valence-corrected chi connectivity index (χ1v) is 12.9. The van der Waals surface area contributed by atoms with Gasteiger partial charge in [0.2, 0.25) is 0 Å². The molecule has 1 aromatic rings. The van der Waals surface area contributed by atoms with Crippen molar-refractivity contribution in [2.75, 3.05) is 19.6 Å². The molecule has 10 heteroatoms. The zero-order valence-electron chi connectivity index (χ0n) is 20.6. The normalized spacial score (nSPS) is 19.1. The first-order valence-electron chi connectivity index (χ1n) is 11.4. The molecule has 0 radical (unpaired) electrons. The molecule has 34 heavy (non-hydrogen) atoms. The Morgan fingerprint density at radius 3 is 2.12 bits per heavy atom. The highest BCUT2D eigenvalue weighted by Crippen LogP contribution is 2.32. The number of hydrogen-bond donors (Lipinski definition) is 2. The van der Waals surface area contributed by atoms with Gasteiger partial charge in [-0.3, -0.25) is 0 Å². The summed E-state index contributed by atoms with van der Waals surface area (Å²) in [5, 5.41) is 17.7. The zero-order valence-corrected chi connectivity index (χ0v) is 21.4. The van der Waals surface area contributed by atoms with Crippen molar-refractivity contribution in [3.8, 4) is 0 Å². The second-order valence-corrected chi connectivity index (χ2v) is 13.1. The van der Waals surface area contributed by atoms with Gasteiger partial charge in [-0.1, -0.05) is 39.0 Å². The van der Waals surface area contributed by atoms with Crippen LogP contribution >= 0.6 is 0 Å². The predicted molar refractivity (Wildman–Crippen MR) is 125 cm³/mol. The molecular weight excluding hydrogens is 471 g/mol. The summed E-state index contributed by atoms with van der Waals surface area (Å²) in [6, 6.07) is 8.75. The van der Waals surface area contributed by atoms with Gasteiger partial charge in [0.15, 0.2) is 9.84 Å². The van der Waals surface area contributed by atoms with E-state index in [0.29, 0.717) is 17.2 Å². The monoisotopic (exact) mass is 509 g/mol. The molecule has 1 aliphatic heterocycles. The Labute approximate surface area is 201 Å². The number of sulfone groups is 1. The SMILES string of the molecule is CC(C)(C)C(O)C1CCCN(CCCC(C)(C)S(=O)(=O)c2ccccc2)C1.O=C(O)C(F)(F)F. The maximum atomic E-state index is 12.9. The number of carboxylic acids is 1. The third-order valence-corrected chi connectivity index (χ3v) is 8.70.